The van der Waals surface area contributed by atoms with Gasteiger partial charge in [0.1, 0.15) is 0 Å². The third-order valence-corrected chi connectivity index (χ3v) is 6.81. The van der Waals surface area contributed by atoms with E-state index < -0.39 is 10.0 Å². The van der Waals surface area contributed by atoms with Crippen molar-refractivity contribution in [3.8, 4) is 0 Å². The van der Waals surface area contributed by atoms with Gasteiger partial charge in [-0.3, -0.25) is 14.9 Å². The lowest BCUT2D eigenvalue weighted by molar-refractivity contribution is -0.121. The van der Waals surface area contributed by atoms with Crippen molar-refractivity contribution >= 4 is 33.5 Å². The molecule has 1 aromatic carbocycles. The molecular weight excluding hydrogens is 410 g/mol. The second-order valence-corrected chi connectivity index (χ2v) is 9.59. The number of nitrogens with one attached hydrogen (secondary N) is 1. The van der Waals surface area contributed by atoms with E-state index in [-0.39, 0.29) is 36.1 Å². The molecule has 1 N–H and O–H groups in total. The highest BCUT2D eigenvalue weighted by molar-refractivity contribution is 7.88. The largest absolute Gasteiger partial charge is 0.407 e. The number of carbonyl (C=O) groups is 2. The highest BCUT2D eigenvalue weighted by Gasteiger charge is 2.35. The maximum atomic E-state index is 12.5. The SMILES string of the molecule is CS(=O)(=O)N1CCC(C(=O)Nc2nnc([C@@H]3CC(=O)N(c4ccccc4)C3)o2)CC1. The van der Waals surface area contributed by atoms with Gasteiger partial charge in [-0.1, -0.05) is 23.3 Å². The molecule has 2 aromatic rings. The molecule has 0 aliphatic carbocycles. The molecule has 0 saturated carbocycles. The van der Waals surface area contributed by atoms with Gasteiger partial charge in [0.05, 0.1) is 12.2 Å². The van der Waals surface area contributed by atoms with Crippen LogP contribution in [0.2, 0.25) is 0 Å². The van der Waals surface area contributed by atoms with Crippen LogP contribution in [-0.2, 0) is 19.6 Å². The van der Waals surface area contributed by atoms with Gasteiger partial charge >= 0.3 is 6.01 Å². The predicted octanol–water partition coefficient (Wildman–Crippen LogP) is 1.20. The number of rotatable bonds is 5. The van der Waals surface area contributed by atoms with E-state index >= 15 is 0 Å². The van der Waals surface area contributed by atoms with Gasteiger partial charge < -0.3 is 9.32 Å². The number of carbonyl (C=O) groups excluding carboxylic acids is 2. The van der Waals surface area contributed by atoms with Crippen LogP contribution in [-0.4, -0.2) is 60.6 Å². The normalized spacial score (nSPS) is 21.2. The van der Waals surface area contributed by atoms with Crippen molar-refractivity contribution in [1.29, 1.82) is 0 Å². The third kappa shape index (κ3) is 4.36. The van der Waals surface area contributed by atoms with Crippen molar-refractivity contribution in [2.75, 3.05) is 36.1 Å². The van der Waals surface area contributed by atoms with E-state index in [4.69, 9.17) is 4.42 Å². The van der Waals surface area contributed by atoms with Crippen LogP contribution in [0.15, 0.2) is 34.7 Å². The molecule has 2 fully saturated rings. The van der Waals surface area contributed by atoms with Gasteiger partial charge in [0.25, 0.3) is 0 Å². The average Bonchev–Trinajstić information content (AvgIpc) is 3.34. The molecule has 10 nitrogen and oxygen atoms in total. The van der Waals surface area contributed by atoms with Crippen molar-refractivity contribution in [2.24, 2.45) is 5.92 Å². The molecular formula is C19H23N5O5S. The van der Waals surface area contributed by atoms with Crippen LogP contribution in [0.5, 0.6) is 0 Å². The number of piperidine rings is 1. The fraction of sp³-hybridized carbons (Fsp3) is 0.474. The Labute approximate surface area is 174 Å². The molecule has 0 bridgehead atoms. The Morgan fingerprint density at radius 2 is 1.87 bits per heavy atom. The summed E-state index contributed by atoms with van der Waals surface area (Å²) in [6.07, 6.45) is 2.29. The first kappa shape index (κ1) is 20.5. The van der Waals surface area contributed by atoms with Gasteiger partial charge in [-0.05, 0) is 25.0 Å². The molecule has 1 aromatic heterocycles. The molecule has 2 aliphatic heterocycles. The summed E-state index contributed by atoms with van der Waals surface area (Å²) in [5.41, 5.74) is 0.818. The number of hydrogen-bond donors (Lipinski definition) is 1. The van der Waals surface area contributed by atoms with E-state index in [0.29, 0.717) is 38.4 Å². The Morgan fingerprint density at radius 1 is 1.17 bits per heavy atom. The number of para-hydroxylation sites is 1. The van der Waals surface area contributed by atoms with E-state index in [2.05, 4.69) is 15.5 Å². The lowest BCUT2D eigenvalue weighted by Gasteiger charge is -2.29. The van der Waals surface area contributed by atoms with Gasteiger partial charge in [-0.15, -0.1) is 5.10 Å². The first-order chi connectivity index (χ1) is 14.3. The number of anilines is 2. The summed E-state index contributed by atoms with van der Waals surface area (Å²) in [6, 6.07) is 9.36. The number of aromatic nitrogens is 2. The molecule has 0 spiro atoms. The average molecular weight is 433 g/mol. The van der Waals surface area contributed by atoms with Crippen molar-refractivity contribution in [3.05, 3.63) is 36.2 Å². The Bertz CT molecular complexity index is 1030. The van der Waals surface area contributed by atoms with Crippen molar-refractivity contribution in [1.82, 2.24) is 14.5 Å². The predicted molar refractivity (Wildman–Crippen MR) is 108 cm³/mol. The molecule has 30 heavy (non-hydrogen) atoms. The number of nitrogens with zero attached hydrogens (tertiary/aromatic N) is 4. The minimum atomic E-state index is -3.24. The minimum Gasteiger partial charge on any atom is -0.407 e. The smallest absolute Gasteiger partial charge is 0.322 e. The zero-order chi connectivity index (χ0) is 21.3. The fourth-order valence-corrected chi connectivity index (χ4v) is 4.71. The zero-order valence-corrected chi connectivity index (χ0v) is 17.3. The van der Waals surface area contributed by atoms with Crippen molar-refractivity contribution < 1.29 is 22.4 Å². The Hall–Kier alpha value is -2.79. The highest BCUT2D eigenvalue weighted by atomic mass is 32.2. The van der Waals surface area contributed by atoms with Crippen molar-refractivity contribution in [2.45, 2.75) is 25.2 Å². The number of benzene rings is 1. The third-order valence-electron chi connectivity index (χ3n) is 5.51. The molecule has 3 heterocycles. The maximum Gasteiger partial charge on any atom is 0.322 e. The first-order valence-corrected chi connectivity index (χ1v) is 11.6. The molecule has 2 amide bonds. The molecule has 2 saturated heterocycles. The summed E-state index contributed by atoms with van der Waals surface area (Å²) in [5.74, 6) is -0.544. The van der Waals surface area contributed by atoms with Crippen LogP contribution in [0.4, 0.5) is 11.7 Å². The van der Waals surface area contributed by atoms with Gasteiger partial charge in [0.15, 0.2) is 0 Å². The van der Waals surface area contributed by atoms with E-state index in [0.717, 1.165) is 5.69 Å². The highest BCUT2D eigenvalue weighted by Crippen LogP contribution is 2.31. The molecule has 160 valence electrons. The maximum absolute atomic E-state index is 12.5. The lowest BCUT2D eigenvalue weighted by atomic mass is 9.97. The lowest BCUT2D eigenvalue weighted by Crippen LogP contribution is -2.40. The van der Waals surface area contributed by atoms with Gasteiger partial charge in [0, 0.05) is 37.7 Å². The summed E-state index contributed by atoms with van der Waals surface area (Å²) < 4.78 is 30.1. The first-order valence-electron chi connectivity index (χ1n) is 9.76. The van der Waals surface area contributed by atoms with E-state index in [1.165, 1.54) is 10.6 Å². The number of hydrogen-bond acceptors (Lipinski definition) is 7. The van der Waals surface area contributed by atoms with Gasteiger partial charge in [0.2, 0.25) is 27.7 Å². The van der Waals surface area contributed by atoms with Crippen LogP contribution >= 0.6 is 0 Å². The molecule has 2 aliphatic rings. The Morgan fingerprint density at radius 3 is 2.53 bits per heavy atom. The Kier molecular flexibility index (Phi) is 5.56. The summed E-state index contributed by atoms with van der Waals surface area (Å²) in [4.78, 5) is 26.5. The Balaban J connectivity index is 1.35. The zero-order valence-electron chi connectivity index (χ0n) is 16.5. The second-order valence-electron chi connectivity index (χ2n) is 7.61. The van der Waals surface area contributed by atoms with Crippen LogP contribution in [0.1, 0.15) is 31.1 Å². The summed E-state index contributed by atoms with van der Waals surface area (Å²) in [7, 11) is -3.24. The van der Waals surface area contributed by atoms with E-state index in [9.17, 15) is 18.0 Å². The second kappa shape index (κ2) is 8.15. The van der Waals surface area contributed by atoms with Crippen LogP contribution in [0.25, 0.3) is 0 Å². The van der Waals surface area contributed by atoms with E-state index in [1.54, 1.807) is 4.90 Å². The van der Waals surface area contributed by atoms with Crippen molar-refractivity contribution in [3.63, 3.8) is 0 Å². The fourth-order valence-electron chi connectivity index (χ4n) is 3.84. The quantitative estimate of drug-likeness (QED) is 0.751. The van der Waals surface area contributed by atoms with Gasteiger partial charge in [-0.2, -0.15) is 0 Å². The van der Waals surface area contributed by atoms with Crippen LogP contribution < -0.4 is 10.2 Å². The van der Waals surface area contributed by atoms with Gasteiger partial charge in [-0.25, -0.2) is 12.7 Å². The molecule has 0 unspecified atom stereocenters. The molecule has 11 heteroatoms. The van der Waals surface area contributed by atoms with E-state index in [1.807, 2.05) is 30.3 Å². The van der Waals surface area contributed by atoms with Crippen LogP contribution in [0.3, 0.4) is 0 Å². The number of sulfonamides is 1. The topological polar surface area (TPSA) is 126 Å². The summed E-state index contributed by atoms with van der Waals surface area (Å²) in [6.45, 7) is 1.05. The van der Waals surface area contributed by atoms with Crippen LogP contribution in [0, 0.1) is 5.92 Å². The molecule has 1 atom stereocenters. The molecule has 4 rings (SSSR count). The number of amides is 2. The summed E-state index contributed by atoms with van der Waals surface area (Å²) in [5, 5.41) is 10.5. The monoisotopic (exact) mass is 433 g/mol. The molecule has 0 radical (unpaired) electrons. The minimum absolute atomic E-state index is 0.00819. The summed E-state index contributed by atoms with van der Waals surface area (Å²) >= 11 is 0. The standard InChI is InChI=1S/C19H23N5O5S/c1-30(27,28)23-9-7-13(8-10-23)17(26)20-19-22-21-18(29-19)14-11-16(25)24(12-14)15-5-3-2-4-6-15/h2-6,13-14H,7-12H2,1H3,(H,20,22,26)/t14-/m1/s1.